The van der Waals surface area contributed by atoms with Gasteiger partial charge in [0.1, 0.15) is 31.0 Å². The molecule has 32 heavy (non-hydrogen) atoms. The Kier molecular flexibility index (Phi) is 7.60. The van der Waals surface area contributed by atoms with E-state index in [-0.39, 0.29) is 16.9 Å². The molecule has 0 radical (unpaired) electrons. The summed E-state index contributed by atoms with van der Waals surface area (Å²) in [6.07, 6.45) is -3.33. The van der Waals surface area contributed by atoms with Gasteiger partial charge >= 0.3 is 13.8 Å². The fourth-order valence-electron chi connectivity index (χ4n) is 2.87. The highest BCUT2D eigenvalue weighted by Crippen LogP contribution is 2.41. The number of carbonyl (C=O) groups excluding carboxylic acids is 1. The fourth-order valence-corrected chi connectivity index (χ4v) is 3.40. The normalized spacial score (nSPS) is 17.3. The zero-order chi connectivity index (χ0) is 23.3. The third kappa shape index (κ3) is 5.90. The third-order valence-corrected chi connectivity index (χ3v) is 4.91. The second-order valence-electron chi connectivity index (χ2n) is 6.60. The maximum atomic E-state index is 14.0. The fraction of sp³-hybridized carbons (Fsp3) is 0.250. The van der Waals surface area contributed by atoms with E-state index in [9.17, 15) is 23.2 Å². The summed E-state index contributed by atoms with van der Waals surface area (Å²) < 4.78 is 59.5. The lowest BCUT2D eigenvalue weighted by molar-refractivity contribution is -0.148. The summed E-state index contributed by atoms with van der Waals surface area (Å²) in [5.74, 6) is -3.20. The zero-order valence-corrected chi connectivity index (χ0v) is 17.3. The summed E-state index contributed by atoms with van der Waals surface area (Å²) in [5.41, 5.74) is 0.206. The van der Waals surface area contributed by atoms with Crippen LogP contribution in [0.3, 0.4) is 0 Å². The molecule has 0 amide bonds. The van der Waals surface area contributed by atoms with E-state index in [0.29, 0.717) is 0 Å². The number of aliphatic hydroxyl groups excluding tert-OH is 1. The maximum absolute atomic E-state index is 14.0. The molecule has 0 aromatic heterocycles. The Hall–Kier alpha value is -2.82. The van der Waals surface area contributed by atoms with Gasteiger partial charge in [0.05, 0.1) is 6.61 Å². The molecule has 2 atom stereocenters. The molecule has 12 heteroatoms. The maximum Gasteiger partial charge on any atom is 0.470 e. The Morgan fingerprint density at radius 1 is 0.969 bits per heavy atom. The Morgan fingerprint density at radius 2 is 1.50 bits per heavy atom. The standard InChI is InChI=1S/C20H19F2O9P/c21-14-7-3-1-5-12(14)10-28-18-17(16(9-23)31-32(25,26)27)30-20(24)19(18)29-11-13-6-2-4-8-15(13)22/h1-8,16-17,23H,9-11H2,(H2,25,26,27). The van der Waals surface area contributed by atoms with Crippen molar-refractivity contribution in [3.8, 4) is 0 Å². The molecule has 0 bridgehead atoms. The molecule has 0 spiro atoms. The van der Waals surface area contributed by atoms with Crippen molar-refractivity contribution in [2.24, 2.45) is 0 Å². The molecule has 1 aliphatic rings. The zero-order valence-electron chi connectivity index (χ0n) is 16.4. The number of benzene rings is 2. The SMILES string of the molecule is O=C1OC(C(CO)OP(=O)(O)O)C(OCc2ccccc2F)=C1OCc1ccccc1F. The highest BCUT2D eigenvalue weighted by Gasteiger charge is 2.45. The second kappa shape index (κ2) is 10.2. The lowest BCUT2D eigenvalue weighted by Gasteiger charge is -2.23. The van der Waals surface area contributed by atoms with E-state index >= 15 is 0 Å². The molecule has 3 rings (SSSR count). The molecule has 2 aromatic carbocycles. The van der Waals surface area contributed by atoms with Crippen LogP contribution < -0.4 is 0 Å². The summed E-state index contributed by atoms with van der Waals surface area (Å²) >= 11 is 0. The molecule has 2 unspecified atom stereocenters. The number of phosphoric acid groups is 1. The number of ether oxygens (including phenoxy) is 3. The molecule has 2 aromatic rings. The Bertz CT molecular complexity index is 1050. The second-order valence-corrected chi connectivity index (χ2v) is 7.79. The van der Waals surface area contributed by atoms with E-state index in [1.165, 1.54) is 36.4 Å². The van der Waals surface area contributed by atoms with E-state index in [2.05, 4.69) is 4.52 Å². The van der Waals surface area contributed by atoms with E-state index in [0.717, 1.165) is 0 Å². The minimum Gasteiger partial charge on any atom is -0.485 e. The number of hydrogen-bond acceptors (Lipinski definition) is 7. The van der Waals surface area contributed by atoms with Gasteiger partial charge in [0, 0.05) is 11.1 Å². The first-order valence-corrected chi connectivity index (χ1v) is 10.7. The van der Waals surface area contributed by atoms with Gasteiger partial charge in [0.15, 0.2) is 11.9 Å². The number of esters is 1. The summed E-state index contributed by atoms with van der Waals surface area (Å²) in [6.45, 7) is -1.77. The number of phosphoric ester groups is 1. The molecular formula is C20H19F2O9P. The van der Waals surface area contributed by atoms with Gasteiger partial charge in [-0.2, -0.15) is 0 Å². The predicted molar refractivity (Wildman–Crippen MR) is 103 cm³/mol. The molecule has 172 valence electrons. The molecular weight excluding hydrogens is 453 g/mol. The van der Waals surface area contributed by atoms with E-state index in [4.69, 9.17) is 24.0 Å². The molecule has 0 aliphatic carbocycles. The first-order valence-electron chi connectivity index (χ1n) is 9.22. The summed E-state index contributed by atoms with van der Waals surface area (Å²) in [5, 5.41) is 9.53. The van der Waals surface area contributed by atoms with Gasteiger partial charge < -0.3 is 29.1 Å². The monoisotopic (exact) mass is 472 g/mol. The van der Waals surface area contributed by atoms with Crippen LogP contribution in [0.2, 0.25) is 0 Å². The third-order valence-electron chi connectivity index (χ3n) is 4.36. The van der Waals surface area contributed by atoms with E-state index in [1.807, 2.05) is 0 Å². The number of rotatable bonds is 10. The minimum atomic E-state index is -5.09. The molecule has 0 saturated carbocycles. The van der Waals surface area contributed by atoms with Gasteiger partial charge in [0.2, 0.25) is 5.76 Å². The quantitative estimate of drug-likeness (QED) is 0.352. The van der Waals surface area contributed by atoms with Crippen LogP contribution in [0.1, 0.15) is 11.1 Å². The smallest absolute Gasteiger partial charge is 0.470 e. The van der Waals surface area contributed by atoms with Crippen LogP contribution in [0.15, 0.2) is 60.0 Å². The first-order chi connectivity index (χ1) is 15.2. The average Bonchev–Trinajstić information content (AvgIpc) is 3.05. The number of aliphatic hydroxyl groups is 1. The van der Waals surface area contributed by atoms with Crippen LogP contribution in [-0.2, 0) is 41.3 Å². The highest BCUT2D eigenvalue weighted by molar-refractivity contribution is 7.46. The number of carbonyl (C=O) groups is 1. The highest BCUT2D eigenvalue weighted by atomic mass is 31.2. The van der Waals surface area contributed by atoms with Crippen LogP contribution in [0, 0.1) is 11.6 Å². The molecule has 0 saturated heterocycles. The van der Waals surface area contributed by atoms with Crippen LogP contribution in [0.5, 0.6) is 0 Å². The van der Waals surface area contributed by atoms with Crippen molar-refractivity contribution in [2.75, 3.05) is 6.61 Å². The van der Waals surface area contributed by atoms with Gasteiger partial charge in [-0.05, 0) is 12.1 Å². The van der Waals surface area contributed by atoms with Gasteiger partial charge in [-0.3, -0.25) is 4.52 Å². The summed E-state index contributed by atoms with van der Waals surface area (Å²) in [4.78, 5) is 30.5. The molecule has 1 heterocycles. The summed E-state index contributed by atoms with van der Waals surface area (Å²) in [7, 11) is -5.09. The van der Waals surface area contributed by atoms with Gasteiger partial charge in [0.25, 0.3) is 0 Å². The predicted octanol–water partition coefficient (Wildman–Crippen LogP) is 2.31. The lowest BCUT2D eigenvalue weighted by Crippen LogP contribution is -2.34. The number of halogens is 2. The van der Waals surface area contributed by atoms with Crippen molar-refractivity contribution in [3.05, 3.63) is 82.8 Å². The average molecular weight is 472 g/mol. The van der Waals surface area contributed by atoms with E-state index in [1.54, 1.807) is 12.1 Å². The van der Waals surface area contributed by atoms with Gasteiger partial charge in [-0.1, -0.05) is 36.4 Å². The van der Waals surface area contributed by atoms with Gasteiger partial charge in [-0.25, -0.2) is 18.1 Å². The number of hydrogen-bond donors (Lipinski definition) is 3. The molecule has 3 N–H and O–H groups in total. The Labute approximate surface area is 181 Å². The minimum absolute atomic E-state index is 0.100. The van der Waals surface area contributed by atoms with Crippen molar-refractivity contribution in [1.82, 2.24) is 0 Å². The lowest BCUT2D eigenvalue weighted by atomic mass is 10.1. The van der Waals surface area contributed by atoms with Crippen LogP contribution in [0.25, 0.3) is 0 Å². The van der Waals surface area contributed by atoms with Crippen molar-refractivity contribution >= 4 is 13.8 Å². The van der Waals surface area contributed by atoms with Gasteiger partial charge in [-0.15, -0.1) is 0 Å². The number of cyclic esters (lactones) is 1. The Balaban J connectivity index is 1.90. The van der Waals surface area contributed by atoms with E-state index < -0.39 is 63.2 Å². The van der Waals surface area contributed by atoms with Crippen LogP contribution in [-0.4, -0.2) is 39.7 Å². The first kappa shape index (κ1) is 23.8. The molecule has 1 aliphatic heterocycles. The van der Waals surface area contributed by atoms with Crippen molar-refractivity contribution < 1.29 is 51.8 Å². The molecule has 0 fully saturated rings. The Morgan fingerprint density at radius 3 is 2.00 bits per heavy atom. The van der Waals surface area contributed by atoms with Crippen LogP contribution in [0.4, 0.5) is 8.78 Å². The topological polar surface area (TPSA) is 132 Å². The largest absolute Gasteiger partial charge is 0.485 e. The van der Waals surface area contributed by atoms with Crippen molar-refractivity contribution in [1.29, 1.82) is 0 Å². The van der Waals surface area contributed by atoms with Crippen molar-refractivity contribution in [3.63, 3.8) is 0 Å². The van der Waals surface area contributed by atoms with Crippen LogP contribution >= 0.6 is 7.82 Å². The molecule has 9 nitrogen and oxygen atoms in total. The van der Waals surface area contributed by atoms with Crippen molar-refractivity contribution in [2.45, 2.75) is 25.4 Å². The summed E-state index contributed by atoms with van der Waals surface area (Å²) in [6, 6.07) is 11.2.